The number of piperazine rings is 1. The van der Waals surface area contributed by atoms with Gasteiger partial charge in [-0.25, -0.2) is 8.78 Å². The molecule has 0 spiro atoms. The minimum atomic E-state index is -2.74. The highest BCUT2D eigenvalue weighted by Gasteiger charge is 2.37. The van der Waals surface area contributed by atoms with Gasteiger partial charge in [-0.05, 0) is 49.2 Å². The van der Waals surface area contributed by atoms with Gasteiger partial charge in [-0.1, -0.05) is 18.9 Å². The van der Waals surface area contributed by atoms with E-state index in [1.807, 2.05) is 51.9 Å². The van der Waals surface area contributed by atoms with Crippen molar-refractivity contribution in [1.82, 2.24) is 19.3 Å². The number of carbonyl (C=O) groups excluding carboxylic acids is 2. The van der Waals surface area contributed by atoms with Crippen LogP contribution < -0.4 is 4.74 Å². The number of aromatic nitrogens is 1. The van der Waals surface area contributed by atoms with Gasteiger partial charge in [-0.2, -0.15) is 0 Å². The highest BCUT2D eigenvalue weighted by molar-refractivity contribution is 6.03. The summed E-state index contributed by atoms with van der Waals surface area (Å²) in [6.45, 7) is 3.23. The molecule has 1 saturated carbocycles. The Morgan fingerprint density at radius 2 is 1.55 bits per heavy atom. The van der Waals surface area contributed by atoms with Gasteiger partial charge in [0.1, 0.15) is 11.4 Å². The van der Waals surface area contributed by atoms with Gasteiger partial charge in [0, 0.05) is 75.2 Å². The van der Waals surface area contributed by atoms with Gasteiger partial charge < -0.3 is 19.1 Å². The Balaban J connectivity index is 1.30. The van der Waals surface area contributed by atoms with Gasteiger partial charge in [-0.15, -0.1) is 0 Å². The van der Waals surface area contributed by atoms with E-state index in [-0.39, 0.29) is 37.7 Å². The number of likely N-dealkylation sites (tertiary alicyclic amines) is 1. The van der Waals surface area contributed by atoms with Gasteiger partial charge in [0.15, 0.2) is 0 Å². The number of benzene rings is 2. The maximum atomic E-state index is 13.8. The minimum Gasteiger partial charge on any atom is -0.497 e. The molecule has 1 aliphatic carbocycles. The fourth-order valence-corrected chi connectivity index (χ4v) is 6.47. The highest BCUT2D eigenvalue weighted by Crippen LogP contribution is 2.32. The molecule has 6 rings (SSSR count). The zero-order chi connectivity index (χ0) is 27.9. The van der Waals surface area contributed by atoms with Crippen LogP contribution in [0.4, 0.5) is 8.78 Å². The van der Waals surface area contributed by atoms with Crippen molar-refractivity contribution in [2.45, 2.75) is 50.5 Å². The van der Waals surface area contributed by atoms with Crippen molar-refractivity contribution < 1.29 is 23.1 Å². The number of nitrogens with zero attached hydrogens (tertiary/aromatic N) is 4. The second-order valence-electron chi connectivity index (χ2n) is 11.3. The molecule has 40 heavy (non-hydrogen) atoms. The number of fused-ring (bicyclic) bond motifs is 1. The minimum absolute atomic E-state index is 0.00202. The molecule has 3 aliphatic rings. The molecule has 1 aromatic heterocycles. The lowest BCUT2D eigenvalue weighted by Gasteiger charge is -2.38. The average molecular weight is 551 g/mol. The number of halogens is 2. The summed E-state index contributed by atoms with van der Waals surface area (Å²) in [6, 6.07) is 15.4. The third kappa shape index (κ3) is 5.19. The second-order valence-corrected chi connectivity index (χ2v) is 11.3. The van der Waals surface area contributed by atoms with E-state index < -0.39 is 5.92 Å². The third-order valence-electron chi connectivity index (χ3n) is 8.80. The van der Waals surface area contributed by atoms with E-state index in [0.717, 1.165) is 29.7 Å². The Labute approximate surface area is 233 Å². The van der Waals surface area contributed by atoms with E-state index in [1.165, 1.54) is 30.6 Å². The normalized spacial score (nSPS) is 20.3. The largest absolute Gasteiger partial charge is 0.497 e. The predicted molar refractivity (Wildman–Crippen MR) is 150 cm³/mol. The van der Waals surface area contributed by atoms with Crippen LogP contribution in [0.2, 0.25) is 0 Å². The molecule has 0 bridgehead atoms. The van der Waals surface area contributed by atoms with Crippen LogP contribution in [0.3, 0.4) is 0 Å². The van der Waals surface area contributed by atoms with Crippen LogP contribution in [-0.4, -0.2) is 89.4 Å². The van der Waals surface area contributed by atoms with Crippen LogP contribution in [0.1, 0.15) is 59.4 Å². The van der Waals surface area contributed by atoms with Crippen molar-refractivity contribution in [3.63, 3.8) is 0 Å². The zero-order valence-electron chi connectivity index (χ0n) is 23.0. The van der Waals surface area contributed by atoms with E-state index >= 15 is 0 Å². The molecular formula is C31H36F2N4O3. The van der Waals surface area contributed by atoms with E-state index in [0.29, 0.717) is 36.1 Å². The summed E-state index contributed by atoms with van der Waals surface area (Å²) in [5, 5.41) is 0.754. The number of ether oxygens (including phenoxy) is 1. The van der Waals surface area contributed by atoms with E-state index in [1.54, 1.807) is 13.2 Å². The molecule has 2 aliphatic heterocycles. The standard InChI is InChI=1S/C31H36F2N4O3/c1-40-26-8-4-7-25(21-26)37-27-10-9-22(29(38)36-17-15-34(16-18-36)24-5-2-3-6-24)19-23(27)20-28(37)30(39)35-13-11-31(32,33)12-14-35/h4,7-10,19-21,24H,2-3,5-6,11-18H2,1H3. The van der Waals surface area contributed by atoms with Crippen molar-refractivity contribution in [3.05, 3.63) is 59.8 Å². The van der Waals surface area contributed by atoms with E-state index in [2.05, 4.69) is 4.90 Å². The summed E-state index contributed by atoms with van der Waals surface area (Å²) in [5.74, 6) is -2.41. The zero-order valence-corrected chi connectivity index (χ0v) is 23.0. The Kier molecular flexibility index (Phi) is 7.25. The van der Waals surface area contributed by atoms with Crippen LogP contribution in [0.15, 0.2) is 48.5 Å². The molecule has 3 heterocycles. The Bertz CT molecular complexity index is 1400. The molecule has 2 aromatic carbocycles. The van der Waals surface area contributed by atoms with Crippen molar-refractivity contribution in [3.8, 4) is 11.4 Å². The summed E-state index contributed by atoms with van der Waals surface area (Å²) in [5.41, 5.74) is 2.45. The van der Waals surface area contributed by atoms with Crippen molar-refractivity contribution in [1.29, 1.82) is 0 Å². The van der Waals surface area contributed by atoms with Crippen LogP contribution in [0.25, 0.3) is 16.6 Å². The van der Waals surface area contributed by atoms with Crippen LogP contribution in [0, 0.1) is 0 Å². The average Bonchev–Trinajstić information content (AvgIpc) is 3.65. The number of amides is 2. The first-order chi connectivity index (χ1) is 19.3. The summed E-state index contributed by atoms with van der Waals surface area (Å²) < 4.78 is 34.9. The second kappa shape index (κ2) is 10.8. The first-order valence-electron chi connectivity index (χ1n) is 14.3. The first-order valence-corrected chi connectivity index (χ1v) is 14.3. The van der Waals surface area contributed by atoms with Crippen LogP contribution >= 0.6 is 0 Å². The topological polar surface area (TPSA) is 58.0 Å². The Morgan fingerprint density at radius 1 is 0.850 bits per heavy atom. The van der Waals surface area contributed by atoms with Gasteiger partial charge in [-0.3, -0.25) is 14.5 Å². The number of piperidine rings is 1. The third-order valence-corrected chi connectivity index (χ3v) is 8.80. The molecule has 0 N–H and O–H groups in total. The van der Waals surface area contributed by atoms with Gasteiger partial charge in [0.05, 0.1) is 18.3 Å². The monoisotopic (exact) mass is 550 g/mol. The number of hydrogen-bond acceptors (Lipinski definition) is 4. The summed E-state index contributed by atoms with van der Waals surface area (Å²) in [6.07, 6.45) is 4.43. The number of carbonyl (C=O) groups is 2. The smallest absolute Gasteiger partial charge is 0.270 e. The molecule has 2 saturated heterocycles. The molecule has 0 unspecified atom stereocenters. The number of methoxy groups -OCH3 is 1. The molecular weight excluding hydrogens is 514 g/mol. The lowest BCUT2D eigenvalue weighted by Crippen LogP contribution is -2.51. The first kappa shape index (κ1) is 26.7. The lowest BCUT2D eigenvalue weighted by molar-refractivity contribution is -0.0495. The van der Waals surface area contributed by atoms with Crippen LogP contribution in [0.5, 0.6) is 5.75 Å². The summed E-state index contributed by atoms with van der Waals surface area (Å²) in [4.78, 5) is 33.1. The molecule has 7 nitrogen and oxygen atoms in total. The SMILES string of the molecule is COc1cccc(-n2c(C(=O)N3CCC(F)(F)CC3)cc3cc(C(=O)N4CCN(C5CCCC5)CC4)ccc32)c1. The molecule has 9 heteroatoms. The van der Waals surface area contributed by atoms with Gasteiger partial charge >= 0.3 is 0 Å². The summed E-state index contributed by atoms with van der Waals surface area (Å²) >= 11 is 0. The quantitative estimate of drug-likeness (QED) is 0.438. The molecule has 0 radical (unpaired) electrons. The number of alkyl halides is 2. The highest BCUT2D eigenvalue weighted by atomic mass is 19.3. The fraction of sp³-hybridized carbons (Fsp3) is 0.484. The van der Waals surface area contributed by atoms with Crippen molar-refractivity contribution in [2.24, 2.45) is 0 Å². The molecule has 3 aromatic rings. The maximum absolute atomic E-state index is 13.8. The predicted octanol–water partition coefficient (Wildman–Crippen LogP) is 5.21. The Hall–Kier alpha value is -3.46. The van der Waals surface area contributed by atoms with E-state index in [9.17, 15) is 18.4 Å². The number of hydrogen-bond donors (Lipinski definition) is 0. The molecule has 2 amide bonds. The Morgan fingerprint density at radius 3 is 2.25 bits per heavy atom. The van der Waals surface area contributed by atoms with E-state index in [4.69, 9.17) is 4.74 Å². The van der Waals surface area contributed by atoms with Crippen LogP contribution in [-0.2, 0) is 0 Å². The van der Waals surface area contributed by atoms with Gasteiger partial charge in [0.25, 0.3) is 17.7 Å². The summed E-state index contributed by atoms with van der Waals surface area (Å²) in [7, 11) is 1.58. The van der Waals surface area contributed by atoms with Gasteiger partial charge in [0.2, 0.25) is 0 Å². The van der Waals surface area contributed by atoms with Crippen molar-refractivity contribution in [2.75, 3.05) is 46.4 Å². The maximum Gasteiger partial charge on any atom is 0.270 e. The lowest BCUT2D eigenvalue weighted by atomic mass is 10.1. The fourth-order valence-electron chi connectivity index (χ4n) is 6.47. The number of rotatable bonds is 5. The molecule has 212 valence electrons. The molecule has 3 fully saturated rings. The van der Waals surface area contributed by atoms with Crippen molar-refractivity contribution >= 4 is 22.7 Å². The molecule has 0 atom stereocenters.